The monoisotopic (exact) mass is 377 g/mol. The molecule has 148 valence electrons. The molecule has 5 aliphatic rings. The van der Waals surface area contributed by atoms with E-state index in [-0.39, 0.29) is 0 Å². The summed E-state index contributed by atoms with van der Waals surface area (Å²) in [5, 5.41) is 0. The first-order valence-electron chi connectivity index (χ1n) is 11.9. The van der Waals surface area contributed by atoms with Gasteiger partial charge in [-0.05, 0) is 67.5 Å². The Morgan fingerprint density at radius 2 is 1.46 bits per heavy atom. The zero-order chi connectivity index (χ0) is 18.1. The predicted octanol–water partition coefficient (Wildman–Crippen LogP) is 6.27. The molecule has 1 aliphatic heterocycles. The molecule has 26 heavy (non-hydrogen) atoms. The molecule has 0 radical (unpaired) electrons. The summed E-state index contributed by atoms with van der Waals surface area (Å²) in [6, 6.07) is 1.52. The van der Waals surface area contributed by atoms with Crippen molar-refractivity contribution < 1.29 is 4.39 Å². The van der Waals surface area contributed by atoms with E-state index in [4.69, 9.17) is 0 Å². The van der Waals surface area contributed by atoms with Crippen molar-refractivity contribution in [3.05, 3.63) is 0 Å². The van der Waals surface area contributed by atoms with Gasteiger partial charge in [0.05, 0.1) is 8.07 Å². The minimum atomic E-state index is -1.29. The molecule has 1 nitrogen and oxygen atoms in total. The largest absolute Gasteiger partial charge is 0.300 e. The fourth-order valence-corrected chi connectivity index (χ4v) is 14.5. The van der Waals surface area contributed by atoms with Crippen LogP contribution < -0.4 is 0 Å². The first-order valence-corrected chi connectivity index (χ1v) is 15.0. The van der Waals surface area contributed by atoms with Gasteiger partial charge in [0.25, 0.3) is 0 Å². The average molecular weight is 378 g/mol. The van der Waals surface area contributed by atoms with E-state index in [1.54, 1.807) is 0 Å². The molecule has 3 heteroatoms. The average Bonchev–Trinajstić information content (AvgIpc) is 3.32. The van der Waals surface area contributed by atoms with E-state index in [2.05, 4.69) is 25.0 Å². The maximum absolute atomic E-state index is 14.4. The number of hydrogen-bond donors (Lipinski definition) is 0. The summed E-state index contributed by atoms with van der Waals surface area (Å²) in [5.74, 6) is 3.45. The van der Waals surface area contributed by atoms with Crippen molar-refractivity contribution in [3.63, 3.8) is 0 Å². The van der Waals surface area contributed by atoms with Crippen LogP contribution in [0, 0.1) is 23.7 Å². The van der Waals surface area contributed by atoms with Gasteiger partial charge in [-0.3, -0.25) is 4.90 Å². The maximum Gasteiger partial charge on any atom is 0.101 e. The van der Waals surface area contributed by atoms with E-state index in [0.29, 0.717) is 12.0 Å². The Kier molecular flexibility index (Phi) is 4.59. The Bertz CT molecular complexity index is 530. The van der Waals surface area contributed by atoms with E-state index in [1.807, 2.05) is 0 Å². The van der Waals surface area contributed by atoms with Crippen molar-refractivity contribution in [2.24, 2.45) is 23.7 Å². The van der Waals surface area contributed by atoms with Crippen LogP contribution in [0.4, 0.5) is 4.39 Å². The minimum absolute atomic E-state index is 0.510. The lowest BCUT2D eigenvalue weighted by Gasteiger charge is -2.46. The third-order valence-corrected chi connectivity index (χ3v) is 15.3. The van der Waals surface area contributed by atoms with Crippen LogP contribution in [0.1, 0.15) is 70.6 Å². The third kappa shape index (κ3) is 2.55. The maximum atomic E-state index is 14.4. The van der Waals surface area contributed by atoms with E-state index in [1.165, 1.54) is 51.4 Å². The number of hydrogen-bond acceptors (Lipinski definition) is 1. The van der Waals surface area contributed by atoms with Gasteiger partial charge >= 0.3 is 0 Å². The number of alkyl halides is 1. The molecular formula is C23H40FNSi. The second-order valence-electron chi connectivity index (χ2n) is 11.3. The second kappa shape index (κ2) is 6.58. The molecule has 5 rings (SSSR count). The normalized spacial score (nSPS) is 49.8. The van der Waals surface area contributed by atoms with Crippen molar-refractivity contribution in [1.29, 1.82) is 0 Å². The van der Waals surface area contributed by atoms with Crippen molar-refractivity contribution in [2.45, 2.75) is 113 Å². The summed E-state index contributed by atoms with van der Waals surface area (Å²) in [4.78, 5) is 2.84. The topological polar surface area (TPSA) is 3.24 Å². The standard InChI is InChI=1S/C23H40FNSi/c1-25-20-13-12-15(24)14-19(20)21-17-10-6-7-11-18(17)23(22(21)25)26(2,3)16-8-4-5-9-16/h15-23H,4-14H2,1-3H3. The molecule has 0 aromatic heterocycles. The molecule has 1 heterocycles. The molecule has 8 atom stereocenters. The highest BCUT2D eigenvalue weighted by molar-refractivity contribution is 6.80. The predicted molar refractivity (Wildman–Crippen MR) is 110 cm³/mol. The van der Waals surface area contributed by atoms with Crippen LogP contribution in [0.2, 0.25) is 24.2 Å². The van der Waals surface area contributed by atoms with Crippen LogP contribution in [0.5, 0.6) is 0 Å². The van der Waals surface area contributed by atoms with E-state index in [0.717, 1.165) is 54.1 Å². The molecule has 8 unspecified atom stereocenters. The van der Waals surface area contributed by atoms with Crippen LogP contribution in [0.25, 0.3) is 0 Å². The molecule has 0 N–H and O–H groups in total. The summed E-state index contributed by atoms with van der Waals surface area (Å²) >= 11 is 0. The first kappa shape index (κ1) is 18.2. The lowest BCUT2D eigenvalue weighted by molar-refractivity contribution is 0.0946. The van der Waals surface area contributed by atoms with E-state index >= 15 is 0 Å². The van der Waals surface area contributed by atoms with Crippen LogP contribution in [0.15, 0.2) is 0 Å². The van der Waals surface area contributed by atoms with Gasteiger partial charge in [-0.1, -0.05) is 58.0 Å². The van der Waals surface area contributed by atoms with Gasteiger partial charge < -0.3 is 0 Å². The number of nitrogens with zero attached hydrogens (tertiary/aromatic N) is 1. The molecular weight excluding hydrogens is 337 g/mol. The Morgan fingerprint density at radius 3 is 2.19 bits per heavy atom. The molecule has 4 aliphatic carbocycles. The van der Waals surface area contributed by atoms with Crippen molar-refractivity contribution >= 4 is 8.07 Å². The van der Waals surface area contributed by atoms with Crippen molar-refractivity contribution in [2.75, 3.05) is 7.05 Å². The highest BCUT2D eigenvalue weighted by atomic mass is 28.3. The summed E-state index contributed by atoms with van der Waals surface area (Å²) in [5.41, 5.74) is 2.06. The zero-order valence-electron chi connectivity index (χ0n) is 17.3. The first-order chi connectivity index (χ1) is 12.5. The Balaban J connectivity index is 1.52. The van der Waals surface area contributed by atoms with Gasteiger partial charge in [0.1, 0.15) is 6.17 Å². The lowest BCUT2D eigenvalue weighted by Crippen LogP contribution is -2.49. The summed E-state index contributed by atoms with van der Waals surface area (Å²) in [7, 11) is 1.16. The van der Waals surface area contributed by atoms with Gasteiger partial charge in [-0.2, -0.15) is 0 Å². The Hall–Kier alpha value is 0.107. The van der Waals surface area contributed by atoms with Crippen LogP contribution in [-0.4, -0.2) is 38.3 Å². The molecule has 4 saturated carbocycles. The molecule has 0 bridgehead atoms. The van der Waals surface area contributed by atoms with E-state index in [9.17, 15) is 4.39 Å². The molecule has 0 spiro atoms. The van der Waals surface area contributed by atoms with Gasteiger partial charge in [-0.15, -0.1) is 0 Å². The molecule has 0 aromatic carbocycles. The van der Waals surface area contributed by atoms with Crippen molar-refractivity contribution in [3.8, 4) is 0 Å². The molecule has 0 aromatic rings. The van der Waals surface area contributed by atoms with Crippen LogP contribution in [-0.2, 0) is 0 Å². The fourth-order valence-electron chi connectivity index (χ4n) is 9.16. The number of rotatable bonds is 2. The highest BCUT2D eigenvalue weighted by Gasteiger charge is 2.65. The second-order valence-corrected chi connectivity index (χ2v) is 16.4. The third-order valence-electron chi connectivity index (χ3n) is 10.1. The quantitative estimate of drug-likeness (QED) is 0.513. The smallest absolute Gasteiger partial charge is 0.101 e. The molecule has 1 saturated heterocycles. The van der Waals surface area contributed by atoms with Crippen molar-refractivity contribution in [1.82, 2.24) is 4.90 Å². The summed E-state index contributed by atoms with van der Waals surface area (Å²) in [6.45, 7) is 5.55. The van der Waals surface area contributed by atoms with Crippen LogP contribution in [0.3, 0.4) is 0 Å². The zero-order valence-corrected chi connectivity index (χ0v) is 18.3. The SMILES string of the molecule is CN1C2CCC(F)CC2C2C3CCCCC3C([Si](C)(C)C3CCCC3)C21. The van der Waals surface area contributed by atoms with Gasteiger partial charge in [0, 0.05) is 12.1 Å². The fraction of sp³-hybridized carbons (Fsp3) is 1.00. The number of fused-ring (bicyclic) bond motifs is 5. The Morgan fingerprint density at radius 1 is 0.808 bits per heavy atom. The molecule has 5 fully saturated rings. The highest BCUT2D eigenvalue weighted by Crippen LogP contribution is 2.66. The Labute approximate surface area is 161 Å². The molecule has 0 amide bonds. The van der Waals surface area contributed by atoms with Crippen LogP contribution >= 0.6 is 0 Å². The van der Waals surface area contributed by atoms with Gasteiger partial charge in [-0.25, -0.2) is 4.39 Å². The summed E-state index contributed by atoms with van der Waals surface area (Å²) in [6.07, 6.45) is 14.2. The van der Waals surface area contributed by atoms with E-state index < -0.39 is 14.2 Å². The number of likely N-dealkylation sites (tertiary alicyclic amines) is 1. The minimum Gasteiger partial charge on any atom is -0.300 e. The van der Waals surface area contributed by atoms with Gasteiger partial charge in [0.2, 0.25) is 0 Å². The van der Waals surface area contributed by atoms with Gasteiger partial charge in [0.15, 0.2) is 0 Å². The summed E-state index contributed by atoms with van der Waals surface area (Å²) < 4.78 is 14.4. The number of halogens is 1. The lowest BCUT2D eigenvalue weighted by atomic mass is 9.69.